The second kappa shape index (κ2) is 5.75. The van der Waals surface area contributed by atoms with E-state index < -0.39 is 0 Å². The molecule has 0 atom stereocenters. The van der Waals surface area contributed by atoms with Crippen molar-refractivity contribution in [3.8, 4) is 11.3 Å². The van der Waals surface area contributed by atoms with E-state index in [1.807, 2.05) is 61.5 Å². The number of aromatic amines is 1. The van der Waals surface area contributed by atoms with Gasteiger partial charge in [0.25, 0.3) is 0 Å². The van der Waals surface area contributed by atoms with Gasteiger partial charge in [-0.3, -0.25) is 9.89 Å². The summed E-state index contributed by atoms with van der Waals surface area (Å²) in [6.45, 7) is 2.04. The second-order valence-corrected chi connectivity index (χ2v) is 5.12. The maximum atomic E-state index is 12.2. The number of hydrogen-bond acceptors (Lipinski definition) is 2. The SMILES string of the molecule is Cc1ccc(-c2cc(=O)c(Cc3ccccc3)n[nH]2)cc1. The highest BCUT2D eigenvalue weighted by Gasteiger charge is 2.06. The smallest absolute Gasteiger partial charge is 0.204 e. The van der Waals surface area contributed by atoms with Gasteiger partial charge in [0.1, 0.15) is 5.69 Å². The fourth-order valence-electron chi connectivity index (χ4n) is 2.23. The van der Waals surface area contributed by atoms with E-state index >= 15 is 0 Å². The van der Waals surface area contributed by atoms with Gasteiger partial charge in [0, 0.05) is 12.5 Å². The number of benzene rings is 2. The lowest BCUT2D eigenvalue weighted by Gasteiger charge is -2.04. The number of rotatable bonds is 3. The highest BCUT2D eigenvalue weighted by Crippen LogP contribution is 2.15. The summed E-state index contributed by atoms with van der Waals surface area (Å²) < 4.78 is 0. The van der Waals surface area contributed by atoms with E-state index in [-0.39, 0.29) is 5.43 Å². The monoisotopic (exact) mass is 276 g/mol. The zero-order valence-corrected chi connectivity index (χ0v) is 11.8. The fourth-order valence-corrected chi connectivity index (χ4v) is 2.23. The van der Waals surface area contributed by atoms with E-state index in [2.05, 4.69) is 10.2 Å². The predicted molar refractivity (Wildman–Crippen MR) is 84.3 cm³/mol. The molecule has 1 heterocycles. The van der Waals surface area contributed by atoms with Crippen molar-refractivity contribution >= 4 is 0 Å². The molecule has 0 saturated heterocycles. The maximum Gasteiger partial charge on any atom is 0.204 e. The first-order valence-corrected chi connectivity index (χ1v) is 6.92. The molecule has 1 aromatic heterocycles. The number of H-pyrrole nitrogens is 1. The van der Waals surface area contributed by atoms with Gasteiger partial charge in [-0.15, -0.1) is 0 Å². The van der Waals surface area contributed by atoms with Crippen LogP contribution in [0.2, 0.25) is 0 Å². The van der Waals surface area contributed by atoms with Crippen LogP contribution in [0.15, 0.2) is 65.5 Å². The van der Waals surface area contributed by atoms with Gasteiger partial charge < -0.3 is 0 Å². The first-order chi connectivity index (χ1) is 10.2. The summed E-state index contributed by atoms with van der Waals surface area (Å²) in [5.41, 5.74) is 4.49. The Kier molecular flexibility index (Phi) is 3.65. The molecule has 0 aliphatic heterocycles. The van der Waals surface area contributed by atoms with Gasteiger partial charge >= 0.3 is 0 Å². The third-order valence-corrected chi connectivity index (χ3v) is 3.45. The Morgan fingerprint density at radius 2 is 1.71 bits per heavy atom. The normalized spacial score (nSPS) is 10.5. The van der Waals surface area contributed by atoms with E-state index in [0.29, 0.717) is 12.1 Å². The molecule has 104 valence electrons. The molecule has 0 bridgehead atoms. The van der Waals surface area contributed by atoms with Crippen molar-refractivity contribution in [1.29, 1.82) is 0 Å². The van der Waals surface area contributed by atoms with Crippen LogP contribution in [0, 0.1) is 6.92 Å². The van der Waals surface area contributed by atoms with Gasteiger partial charge in [-0.05, 0) is 18.1 Å². The molecule has 3 rings (SSSR count). The van der Waals surface area contributed by atoms with E-state index in [4.69, 9.17) is 0 Å². The van der Waals surface area contributed by atoms with Crippen molar-refractivity contribution in [2.45, 2.75) is 13.3 Å². The fraction of sp³-hybridized carbons (Fsp3) is 0.111. The molecule has 2 aromatic carbocycles. The standard InChI is InChI=1S/C18H16N2O/c1-13-7-9-15(10-8-13)16-12-18(21)17(20-19-16)11-14-5-3-2-4-6-14/h2-10,12H,11H2,1H3,(H,19,21). The number of nitrogens with zero attached hydrogens (tertiary/aromatic N) is 1. The molecule has 0 spiro atoms. The molecule has 0 unspecified atom stereocenters. The molecular weight excluding hydrogens is 260 g/mol. The lowest BCUT2D eigenvalue weighted by atomic mass is 10.1. The summed E-state index contributed by atoms with van der Waals surface area (Å²) in [4.78, 5) is 12.2. The first-order valence-electron chi connectivity index (χ1n) is 6.92. The van der Waals surface area contributed by atoms with Crippen LogP contribution in [-0.4, -0.2) is 10.2 Å². The molecule has 0 radical (unpaired) electrons. The van der Waals surface area contributed by atoms with Gasteiger partial charge in [-0.25, -0.2) is 0 Å². The number of aromatic nitrogens is 2. The first kappa shape index (κ1) is 13.3. The molecule has 0 aliphatic rings. The number of aryl methyl sites for hydroxylation is 1. The Morgan fingerprint density at radius 3 is 2.38 bits per heavy atom. The lowest BCUT2D eigenvalue weighted by molar-refractivity contribution is 0.926. The molecule has 0 saturated carbocycles. The van der Waals surface area contributed by atoms with Crippen LogP contribution in [0.1, 0.15) is 16.8 Å². The average molecular weight is 276 g/mol. The van der Waals surface area contributed by atoms with Crippen LogP contribution in [0.3, 0.4) is 0 Å². The van der Waals surface area contributed by atoms with Gasteiger partial charge in [0.2, 0.25) is 5.43 Å². The van der Waals surface area contributed by atoms with Crippen molar-refractivity contribution in [3.63, 3.8) is 0 Å². The van der Waals surface area contributed by atoms with E-state index in [1.165, 1.54) is 5.56 Å². The topological polar surface area (TPSA) is 45.8 Å². The Bertz CT molecular complexity index is 789. The molecule has 3 heteroatoms. The van der Waals surface area contributed by atoms with Crippen LogP contribution < -0.4 is 5.43 Å². The van der Waals surface area contributed by atoms with Crippen molar-refractivity contribution < 1.29 is 0 Å². The Morgan fingerprint density at radius 1 is 1.00 bits per heavy atom. The minimum absolute atomic E-state index is 0.0341. The van der Waals surface area contributed by atoms with E-state index in [0.717, 1.165) is 16.8 Å². The van der Waals surface area contributed by atoms with Gasteiger partial charge in [0.05, 0.1) is 5.69 Å². The van der Waals surface area contributed by atoms with Crippen molar-refractivity contribution in [1.82, 2.24) is 10.2 Å². The minimum atomic E-state index is -0.0341. The van der Waals surface area contributed by atoms with Crippen LogP contribution in [0.4, 0.5) is 0 Å². The van der Waals surface area contributed by atoms with Crippen molar-refractivity contribution in [2.75, 3.05) is 0 Å². The summed E-state index contributed by atoms with van der Waals surface area (Å²) >= 11 is 0. The summed E-state index contributed by atoms with van der Waals surface area (Å²) in [6, 6.07) is 19.5. The Labute approximate surface area is 123 Å². The van der Waals surface area contributed by atoms with Gasteiger partial charge in [-0.1, -0.05) is 60.2 Å². The summed E-state index contributed by atoms with van der Waals surface area (Å²) in [5, 5.41) is 7.22. The predicted octanol–water partition coefficient (Wildman–Crippen LogP) is 3.34. The van der Waals surface area contributed by atoms with Crippen LogP contribution in [0.5, 0.6) is 0 Å². The zero-order valence-electron chi connectivity index (χ0n) is 11.8. The minimum Gasteiger partial charge on any atom is -0.288 e. The summed E-state index contributed by atoms with van der Waals surface area (Å²) in [6.07, 6.45) is 0.546. The zero-order chi connectivity index (χ0) is 14.7. The highest BCUT2D eigenvalue weighted by atomic mass is 16.1. The molecule has 0 fully saturated rings. The lowest BCUT2D eigenvalue weighted by Crippen LogP contribution is -2.13. The number of hydrogen-bond donors (Lipinski definition) is 1. The third-order valence-electron chi connectivity index (χ3n) is 3.45. The molecule has 21 heavy (non-hydrogen) atoms. The largest absolute Gasteiger partial charge is 0.288 e. The van der Waals surface area contributed by atoms with E-state index in [1.54, 1.807) is 6.07 Å². The summed E-state index contributed by atoms with van der Waals surface area (Å²) in [7, 11) is 0. The summed E-state index contributed by atoms with van der Waals surface area (Å²) in [5.74, 6) is 0. The maximum absolute atomic E-state index is 12.2. The van der Waals surface area contributed by atoms with Crippen LogP contribution in [0.25, 0.3) is 11.3 Å². The van der Waals surface area contributed by atoms with Crippen molar-refractivity contribution in [3.05, 3.63) is 87.7 Å². The second-order valence-electron chi connectivity index (χ2n) is 5.12. The molecular formula is C18H16N2O. The van der Waals surface area contributed by atoms with Gasteiger partial charge in [-0.2, -0.15) is 5.10 Å². The van der Waals surface area contributed by atoms with E-state index in [9.17, 15) is 4.79 Å². The molecule has 0 aliphatic carbocycles. The third kappa shape index (κ3) is 3.08. The highest BCUT2D eigenvalue weighted by molar-refractivity contribution is 5.58. The number of nitrogens with one attached hydrogen (secondary N) is 1. The molecule has 3 aromatic rings. The quantitative estimate of drug-likeness (QED) is 0.797. The van der Waals surface area contributed by atoms with Gasteiger partial charge in [0.15, 0.2) is 0 Å². The molecule has 3 nitrogen and oxygen atoms in total. The Balaban J connectivity index is 1.90. The van der Waals surface area contributed by atoms with Crippen molar-refractivity contribution in [2.24, 2.45) is 0 Å². The molecule has 1 N–H and O–H groups in total. The molecule has 0 amide bonds. The Hall–Kier alpha value is -2.68. The van der Waals surface area contributed by atoms with Crippen LogP contribution >= 0.6 is 0 Å². The average Bonchev–Trinajstić information content (AvgIpc) is 2.51. The van der Waals surface area contributed by atoms with Crippen LogP contribution in [-0.2, 0) is 6.42 Å².